The van der Waals surface area contributed by atoms with Crippen LogP contribution in [0, 0.1) is 0 Å². The molecule has 0 saturated heterocycles. The first kappa shape index (κ1) is 20.3. The van der Waals surface area contributed by atoms with Crippen molar-refractivity contribution in [2.45, 2.75) is 32.4 Å². The number of halogens is 2. The molecule has 0 fully saturated rings. The first-order chi connectivity index (χ1) is 12.5. The Kier molecular flexibility index (Phi) is 7.49. The molecule has 1 N–H and O–H groups in total. The summed E-state index contributed by atoms with van der Waals surface area (Å²) in [6.45, 7) is 2.14. The predicted molar refractivity (Wildman–Crippen MR) is 105 cm³/mol. The van der Waals surface area contributed by atoms with E-state index in [1.807, 2.05) is 43.3 Å². The van der Waals surface area contributed by atoms with Gasteiger partial charge in [0, 0.05) is 23.6 Å². The van der Waals surface area contributed by atoms with Gasteiger partial charge in [0.1, 0.15) is 6.04 Å². The molecule has 1 atom stereocenters. The zero-order valence-corrected chi connectivity index (χ0v) is 16.3. The minimum atomic E-state index is -0.578. The third-order valence-corrected chi connectivity index (χ3v) is 4.97. The van der Waals surface area contributed by atoms with E-state index in [-0.39, 0.29) is 24.8 Å². The number of likely N-dealkylation sites (N-methyl/N-ethyl adjacent to an activating group) is 1. The number of hydrogen-bond donors (Lipinski definition) is 1. The van der Waals surface area contributed by atoms with Gasteiger partial charge in [-0.3, -0.25) is 9.59 Å². The molecule has 2 aromatic carbocycles. The van der Waals surface area contributed by atoms with Gasteiger partial charge in [-0.2, -0.15) is 0 Å². The molecule has 0 aromatic heterocycles. The fourth-order valence-electron chi connectivity index (χ4n) is 2.80. The lowest BCUT2D eigenvalue weighted by atomic mass is 10.1. The average Bonchev–Trinajstić information content (AvgIpc) is 2.64. The largest absolute Gasteiger partial charge is 0.357 e. The maximum absolute atomic E-state index is 13.0. The molecular weight excluding hydrogens is 371 g/mol. The normalized spacial score (nSPS) is 11.7. The Morgan fingerprint density at radius 3 is 2.04 bits per heavy atom. The van der Waals surface area contributed by atoms with E-state index in [2.05, 4.69) is 5.32 Å². The van der Waals surface area contributed by atoms with Crippen molar-refractivity contribution in [2.75, 3.05) is 7.05 Å². The topological polar surface area (TPSA) is 49.4 Å². The van der Waals surface area contributed by atoms with Crippen molar-refractivity contribution in [3.05, 3.63) is 69.7 Å². The highest BCUT2D eigenvalue weighted by Gasteiger charge is 2.28. The summed E-state index contributed by atoms with van der Waals surface area (Å²) >= 11 is 12.5. The van der Waals surface area contributed by atoms with Crippen molar-refractivity contribution >= 4 is 35.0 Å². The van der Waals surface area contributed by atoms with Gasteiger partial charge < -0.3 is 10.2 Å². The van der Waals surface area contributed by atoms with Crippen molar-refractivity contribution < 1.29 is 9.59 Å². The number of carbonyl (C=O) groups excluding carboxylic acids is 2. The van der Waals surface area contributed by atoms with Gasteiger partial charge in [0.05, 0.1) is 6.42 Å². The summed E-state index contributed by atoms with van der Waals surface area (Å²) in [7, 11) is 1.57. The lowest BCUT2D eigenvalue weighted by Gasteiger charge is -2.30. The van der Waals surface area contributed by atoms with Gasteiger partial charge in [-0.25, -0.2) is 0 Å². The molecule has 0 aliphatic heterocycles. The van der Waals surface area contributed by atoms with Crippen LogP contribution in [0.1, 0.15) is 24.5 Å². The molecule has 2 aromatic rings. The Balaban J connectivity index is 2.32. The van der Waals surface area contributed by atoms with Gasteiger partial charge in [0.25, 0.3) is 0 Å². The summed E-state index contributed by atoms with van der Waals surface area (Å²) < 4.78 is 0. The van der Waals surface area contributed by atoms with E-state index in [9.17, 15) is 9.59 Å². The molecule has 0 aliphatic rings. The second-order valence-electron chi connectivity index (χ2n) is 5.92. The highest BCUT2D eigenvalue weighted by molar-refractivity contribution is 6.31. The minimum absolute atomic E-state index is 0.123. The number of benzene rings is 2. The Hall–Kier alpha value is -2.04. The second-order valence-corrected chi connectivity index (χ2v) is 6.73. The lowest BCUT2D eigenvalue weighted by molar-refractivity contribution is -0.140. The van der Waals surface area contributed by atoms with Crippen LogP contribution in [0.4, 0.5) is 0 Å². The van der Waals surface area contributed by atoms with E-state index >= 15 is 0 Å². The molecule has 0 aliphatic carbocycles. The van der Waals surface area contributed by atoms with Crippen molar-refractivity contribution in [2.24, 2.45) is 0 Å². The van der Waals surface area contributed by atoms with Crippen LogP contribution in [0.15, 0.2) is 48.5 Å². The summed E-state index contributed by atoms with van der Waals surface area (Å²) in [4.78, 5) is 26.9. The molecule has 1 unspecified atom stereocenters. The van der Waals surface area contributed by atoms with Crippen LogP contribution >= 0.6 is 23.2 Å². The van der Waals surface area contributed by atoms with Gasteiger partial charge in [-0.15, -0.1) is 0 Å². The molecule has 2 rings (SSSR count). The van der Waals surface area contributed by atoms with Crippen molar-refractivity contribution in [3.8, 4) is 0 Å². The van der Waals surface area contributed by atoms with Gasteiger partial charge in [0.15, 0.2) is 0 Å². The first-order valence-corrected chi connectivity index (χ1v) is 9.21. The molecule has 0 spiro atoms. The smallest absolute Gasteiger partial charge is 0.242 e. The van der Waals surface area contributed by atoms with Crippen LogP contribution in [-0.2, 0) is 22.6 Å². The molecule has 2 amide bonds. The number of hydrogen-bond acceptors (Lipinski definition) is 2. The van der Waals surface area contributed by atoms with Crippen molar-refractivity contribution in [1.82, 2.24) is 10.2 Å². The molecule has 0 bridgehead atoms. The maximum atomic E-state index is 13.0. The third kappa shape index (κ3) is 4.99. The summed E-state index contributed by atoms with van der Waals surface area (Å²) in [6.07, 6.45) is 0.621. The molecular formula is C20H22Cl2N2O2. The van der Waals surface area contributed by atoms with E-state index in [4.69, 9.17) is 23.2 Å². The third-order valence-electron chi connectivity index (χ3n) is 4.23. The standard InChI is InChI=1S/C20H22Cl2N2O2/c1-3-18(20(26)23-2)24(13-15-9-5-7-11-17(15)22)19(25)12-14-8-4-6-10-16(14)21/h4-11,18H,3,12-13H2,1-2H3,(H,23,26). The van der Waals surface area contributed by atoms with Crippen molar-refractivity contribution in [1.29, 1.82) is 0 Å². The Labute approximate surface area is 164 Å². The van der Waals surface area contributed by atoms with Crippen LogP contribution in [0.25, 0.3) is 0 Å². The van der Waals surface area contributed by atoms with Gasteiger partial charge in [0.2, 0.25) is 11.8 Å². The highest BCUT2D eigenvalue weighted by atomic mass is 35.5. The highest BCUT2D eigenvalue weighted by Crippen LogP contribution is 2.22. The number of carbonyl (C=O) groups is 2. The van der Waals surface area contributed by atoms with E-state index in [1.165, 1.54) is 0 Å². The molecule has 138 valence electrons. The number of nitrogens with one attached hydrogen (secondary N) is 1. The predicted octanol–water partition coefficient (Wildman–Crippen LogP) is 4.09. The van der Waals surface area contributed by atoms with E-state index < -0.39 is 6.04 Å². The Morgan fingerprint density at radius 2 is 1.54 bits per heavy atom. The second kappa shape index (κ2) is 9.60. The molecule has 4 nitrogen and oxygen atoms in total. The molecule has 0 saturated carbocycles. The maximum Gasteiger partial charge on any atom is 0.242 e. The van der Waals surface area contributed by atoms with Gasteiger partial charge in [-0.05, 0) is 29.7 Å². The van der Waals surface area contributed by atoms with E-state index in [1.54, 1.807) is 24.1 Å². The zero-order valence-electron chi connectivity index (χ0n) is 14.8. The fourth-order valence-corrected chi connectivity index (χ4v) is 3.20. The lowest BCUT2D eigenvalue weighted by Crippen LogP contribution is -2.48. The molecule has 6 heteroatoms. The van der Waals surface area contributed by atoms with Crippen LogP contribution in [0.2, 0.25) is 10.0 Å². The zero-order chi connectivity index (χ0) is 19.1. The van der Waals surface area contributed by atoms with Crippen LogP contribution in [-0.4, -0.2) is 29.8 Å². The van der Waals surface area contributed by atoms with Crippen LogP contribution in [0.3, 0.4) is 0 Å². The summed E-state index contributed by atoms with van der Waals surface area (Å²) in [5.74, 6) is -0.375. The van der Waals surface area contributed by atoms with E-state index in [0.29, 0.717) is 16.5 Å². The molecule has 26 heavy (non-hydrogen) atoms. The Morgan fingerprint density at radius 1 is 1.00 bits per heavy atom. The van der Waals surface area contributed by atoms with Crippen LogP contribution in [0.5, 0.6) is 0 Å². The van der Waals surface area contributed by atoms with Crippen LogP contribution < -0.4 is 5.32 Å². The number of nitrogens with zero attached hydrogens (tertiary/aromatic N) is 1. The quantitative estimate of drug-likeness (QED) is 0.771. The summed E-state index contributed by atoms with van der Waals surface area (Å²) in [5, 5.41) is 3.73. The minimum Gasteiger partial charge on any atom is -0.357 e. The summed E-state index contributed by atoms with van der Waals surface area (Å²) in [6, 6.07) is 14.0. The van der Waals surface area contributed by atoms with E-state index in [0.717, 1.165) is 11.1 Å². The summed E-state index contributed by atoms with van der Waals surface area (Å²) in [5.41, 5.74) is 1.53. The van der Waals surface area contributed by atoms with Crippen molar-refractivity contribution in [3.63, 3.8) is 0 Å². The first-order valence-electron chi connectivity index (χ1n) is 8.45. The fraction of sp³-hybridized carbons (Fsp3) is 0.300. The molecule has 0 radical (unpaired) electrons. The Bertz CT molecular complexity index is 780. The molecule has 0 heterocycles. The SMILES string of the molecule is CCC(C(=O)NC)N(Cc1ccccc1Cl)C(=O)Cc1ccccc1Cl. The average molecular weight is 393 g/mol. The van der Waals surface area contributed by atoms with Gasteiger partial charge >= 0.3 is 0 Å². The number of rotatable bonds is 7. The number of amides is 2. The monoisotopic (exact) mass is 392 g/mol. The van der Waals surface area contributed by atoms with Gasteiger partial charge in [-0.1, -0.05) is 66.5 Å².